The van der Waals surface area contributed by atoms with Crippen LogP contribution in [-0.4, -0.2) is 24.7 Å². The first-order valence-corrected chi connectivity index (χ1v) is 19.8. The first-order chi connectivity index (χ1) is 27.2. The monoisotopic (exact) mass is 801 g/mol. The molecule has 0 saturated carbocycles. The summed E-state index contributed by atoms with van der Waals surface area (Å²) >= 11 is 0. The molecule has 0 rings (SSSR count). The fourth-order valence-corrected chi connectivity index (χ4v) is 3.23. The Kier molecular flexibility index (Phi) is 64.7. The highest BCUT2D eigenvalue weighted by atomic mass is 15.2. The number of nitriles is 2. The zero-order chi connectivity index (χ0) is 46.7. The third-order valence-corrected chi connectivity index (χ3v) is 6.56. The molecule has 0 heterocycles. The first kappa shape index (κ1) is 67.2. The number of azide groups is 4. The molecule has 0 N–H and O–H groups in total. The lowest BCUT2D eigenvalue weighted by Crippen LogP contribution is -2.11. The van der Waals surface area contributed by atoms with E-state index in [0.717, 1.165) is 19.3 Å². The van der Waals surface area contributed by atoms with Crippen molar-refractivity contribution in [1.29, 1.82) is 10.5 Å². The molecule has 3 atom stereocenters. The van der Waals surface area contributed by atoms with Gasteiger partial charge in [0.1, 0.15) is 0 Å². The first-order valence-electron chi connectivity index (χ1n) is 19.8. The van der Waals surface area contributed by atoms with Crippen LogP contribution in [0.15, 0.2) is 20.5 Å². The molecule has 0 saturated heterocycles. The van der Waals surface area contributed by atoms with Crippen LogP contribution >= 0.6 is 0 Å². The van der Waals surface area contributed by atoms with Gasteiger partial charge in [-0.15, -0.1) is 48.4 Å². The minimum absolute atomic E-state index is 0.0281. The summed E-state index contributed by atoms with van der Waals surface area (Å²) in [6.07, 6.45) is 15.0. The van der Waals surface area contributed by atoms with Gasteiger partial charge in [0.15, 0.2) is 0 Å². The summed E-state index contributed by atoms with van der Waals surface area (Å²) in [4.78, 5) is 10.9. The highest BCUT2D eigenvalue weighted by Gasteiger charge is 2.11. The van der Waals surface area contributed by atoms with E-state index in [0.29, 0.717) is 73.7 Å². The van der Waals surface area contributed by atoms with E-state index in [1.807, 2.05) is 89.2 Å². The van der Waals surface area contributed by atoms with Gasteiger partial charge in [0.05, 0.1) is 12.1 Å². The Bertz CT molecular complexity index is 1410. The normalized spacial score (nSPS) is 10.1. The van der Waals surface area contributed by atoms with E-state index in [1.165, 1.54) is 0 Å². The Morgan fingerprint density at radius 3 is 1.10 bits per heavy atom. The second-order valence-electron chi connectivity index (χ2n) is 14.9. The molecule has 0 bridgehead atoms. The molecule has 14 heteroatoms. The third-order valence-electron chi connectivity index (χ3n) is 6.56. The second kappa shape index (κ2) is 55.8. The minimum Gasteiger partial charge on any atom is -0.198 e. The lowest BCUT2D eigenvalue weighted by Gasteiger charge is -2.12. The molecule has 0 aromatic rings. The molecule has 0 aromatic heterocycles. The summed E-state index contributed by atoms with van der Waals surface area (Å²) in [6, 6.07) is 4.21. The smallest absolute Gasteiger partial charge is 0.0624 e. The standard InChI is InChI=1S/C9H15N3.C8H13N3.C7H12N4.C6H10.C5H9N.C5H8.C4H9N3/c1-4-5-6-7-9(8(2)3)11-12-10;1-4-5-6-8(7(2)3)10-11-9;1-6(2)7(10-11-9)4-3-5-8;1-4-5-6(2)3;1-5(2)3-4-6;1-4-5(2)3;1-4(2)3-6-7-5/h8-9H,6-7H2,1-3H3;1,7-8H,5-6H2,2-3H3;6-7H,3-4H2,1-2H3;6H,1-3H3;5H,3H2,1-2H3;1,5H,2-3H3;4H,3H2,1-2H3. The van der Waals surface area contributed by atoms with E-state index in [4.69, 9.17) is 45.5 Å². The van der Waals surface area contributed by atoms with Crippen molar-refractivity contribution in [1.82, 2.24) is 0 Å². The fourth-order valence-electron chi connectivity index (χ4n) is 3.23. The van der Waals surface area contributed by atoms with Crippen molar-refractivity contribution in [3.05, 3.63) is 41.8 Å². The lowest BCUT2D eigenvalue weighted by atomic mass is 10.0. The number of hydrogen-bond acceptors (Lipinski definition) is 6. The van der Waals surface area contributed by atoms with Gasteiger partial charge in [0, 0.05) is 81.8 Å². The summed E-state index contributed by atoms with van der Waals surface area (Å²) in [7, 11) is 0. The molecule has 322 valence electrons. The minimum atomic E-state index is -0.0281. The van der Waals surface area contributed by atoms with Crippen LogP contribution in [0.1, 0.15) is 156 Å². The molecule has 0 radical (unpaired) electrons. The summed E-state index contributed by atoms with van der Waals surface area (Å²) in [5.74, 6) is 19.7. The zero-order valence-corrected chi connectivity index (χ0v) is 38.8. The number of terminal acetylenes is 2. The Morgan fingerprint density at radius 1 is 0.534 bits per heavy atom. The Morgan fingerprint density at radius 2 is 0.931 bits per heavy atom. The number of hydrogen-bond donors (Lipinski definition) is 0. The fraction of sp³-hybridized carbons (Fsp3) is 0.773. The predicted molar refractivity (Wildman–Crippen MR) is 245 cm³/mol. The maximum Gasteiger partial charge on any atom is 0.0624 e. The SMILES string of the molecule is C#CC(C)C.C#CCCC(N=[N+]=[N-])C(C)C.CC#CC(C)C.CC#CCCC(N=[N+]=[N-])C(C)C.CC(C)C(CCC#N)N=[N+]=[N-].CC(C)CC#N.CC(C)CN=[N+]=[N-]. The predicted octanol–water partition coefficient (Wildman–Crippen LogP) is 14.9. The van der Waals surface area contributed by atoms with Gasteiger partial charge in [-0.2, -0.15) is 10.5 Å². The summed E-state index contributed by atoms with van der Waals surface area (Å²) in [5, 5.41) is 30.6. The highest BCUT2D eigenvalue weighted by molar-refractivity contribution is 4.97. The van der Waals surface area contributed by atoms with Crippen molar-refractivity contribution in [3.63, 3.8) is 0 Å². The summed E-state index contributed by atoms with van der Waals surface area (Å²) < 4.78 is 0. The second-order valence-corrected chi connectivity index (χ2v) is 14.9. The van der Waals surface area contributed by atoms with Gasteiger partial charge >= 0.3 is 0 Å². The highest BCUT2D eigenvalue weighted by Crippen LogP contribution is 2.14. The maximum atomic E-state index is 8.28. The average Bonchev–Trinajstić information content (AvgIpc) is 3.15. The van der Waals surface area contributed by atoms with Crippen LogP contribution in [0.5, 0.6) is 0 Å². The maximum absolute atomic E-state index is 8.28. The topological polar surface area (TPSA) is 243 Å². The molecule has 0 amide bonds. The number of rotatable bonds is 15. The zero-order valence-electron chi connectivity index (χ0n) is 38.8. The van der Waals surface area contributed by atoms with Crippen molar-refractivity contribution >= 4 is 0 Å². The van der Waals surface area contributed by atoms with Crippen molar-refractivity contribution < 1.29 is 0 Å². The number of nitrogens with zero attached hydrogens (tertiary/aromatic N) is 14. The lowest BCUT2D eigenvalue weighted by molar-refractivity contribution is 0.467. The molecule has 58 heavy (non-hydrogen) atoms. The van der Waals surface area contributed by atoms with E-state index in [2.05, 4.69) is 109 Å². The van der Waals surface area contributed by atoms with Crippen LogP contribution < -0.4 is 0 Å². The summed E-state index contributed by atoms with van der Waals surface area (Å²) in [6.45, 7) is 32.6. The van der Waals surface area contributed by atoms with Gasteiger partial charge in [-0.05, 0) is 84.8 Å². The average molecular weight is 801 g/mol. The largest absolute Gasteiger partial charge is 0.198 e. The third kappa shape index (κ3) is 75.4. The molecule has 14 nitrogen and oxygen atoms in total. The van der Waals surface area contributed by atoms with Crippen LogP contribution in [0.3, 0.4) is 0 Å². The van der Waals surface area contributed by atoms with Gasteiger partial charge in [-0.1, -0.05) is 117 Å². The van der Waals surface area contributed by atoms with Crippen LogP contribution in [0.4, 0.5) is 0 Å². The van der Waals surface area contributed by atoms with E-state index in [-0.39, 0.29) is 18.1 Å². The van der Waals surface area contributed by atoms with E-state index < -0.39 is 0 Å². The van der Waals surface area contributed by atoms with Crippen molar-refractivity contribution in [3.8, 4) is 60.5 Å². The molecule has 0 aliphatic rings. The van der Waals surface area contributed by atoms with Crippen LogP contribution in [-0.2, 0) is 0 Å². The molecular weight excluding hydrogens is 725 g/mol. The van der Waals surface area contributed by atoms with E-state index in [1.54, 1.807) is 0 Å². The molecule has 0 aliphatic carbocycles. The molecule has 3 unspecified atom stereocenters. The van der Waals surface area contributed by atoms with Crippen LogP contribution in [0, 0.1) is 112 Å². The molecule has 0 aliphatic heterocycles. The molecule has 0 aromatic carbocycles. The van der Waals surface area contributed by atoms with Gasteiger partial charge in [0.25, 0.3) is 0 Å². The van der Waals surface area contributed by atoms with Crippen molar-refractivity contribution in [2.24, 2.45) is 61.9 Å². The van der Waals surface area contributed by atoms with Crippen molar-refractivity contribution in [2.45, 2.75) is 174 Å². The Hall–Kier alpha value is -5.54. The molecular formula is C44H76N14. The summed E-state index contributed by atoms with van der Waals surface area (Å²) in [5.41, 5.74) is 32.4. The quantitative estimate of drug-likeness (QED) is 0.0679. The van der Waals surface area contributed by atoms with Gasteiger partial charge in [0.2, 0.25) is 0 Å². The van der Waals surface area contributed by atoms with Gasteiger partial charge in [-0.25, -0.2) is 0 Å². The molecule has 0 fully saturated rings. The van der Waals surface area contributed by atoms with E-state index in [9.17, 15) is 0 Å². The van der Waals surface area contributed by atoms with Crippen molar-refractivity contribution in [2.75, 3.05) is 6.54 Å². The van der Waals surface area contributed by atoms with Gasteiger partial charge in [-0.3, -0.25) is 0 Å². The Labute approximate surface area is 354 Å². The van der Waals surface area contributed by atoms with E-state index >= 15 is 0 Å². The van der Waals surface area contributed by atoms with Crippen LogP contribution in [0.25, 0.3) is 41.8 Å². The van der Waals surface area contributed by atoms with Crippen LogP contribution in [0.2, 0.25) is 0 Å². The molecule has 0 spiro atoms. The Balaban J connectivity index is -0.000000107. The van der Waals surface area contributed by atoms with Gasteiger partial charge < -0.3 is 0 Å².